The highest BCUT2D eigenvalue weighted by atomic mass is 32.2. The molecule has 1 saturated heterocycles. The molecule has 0 saturated carbocycles. The van der Waals surface area contributed by atoms with Gasteiger partial charge in [0.15, 0.2) is 0 Å². The highest BCUT2D eigenvalue weighted by Crippen LogP contribution is 2.34. The minimum Gasteiger partial charge on any atom is -0.325 e. The van der Waals surface area contributed by atoms with Gasteiger partial charge in [-0.2, -0.15) is 24.9 Å². The van der Waals surface area contributed by atoms with Crippen LogP contribution in [0.2, 0.25) is 0 Å². The van der Waals surface area contributed by atoms with Gasteiger partial charge in [0.05, 0.1) is 16.9 Å². The Bertz CT molecular complexity index is 616. The monoisotopic (exact) mass is 361 g/mol. The van der Waals surface area contributed by atoms with E-state index in [0.717, 1.165) is 36.2 Å². The number of carbonyl (C=O) groups excluding carboxylic acids is 2. The van der Waals surface area contributed by atoms with E-state index in [9.17, 15) is 22.8 Å². The van der Waals surface area contributed by atoms with Gasteiger partial charge in [-0.25, -0.2) is 0 Å². The van der Waals surface area contributed by atoms with E-state index in [-0.39, 0.29) is 23.8 Å². The van der Waals surface area contributed by atoms with Crippen molar-refractivity contribution >= 4 is 35.0 Å². The number of alkyl halides is 3. The smallest absolute Gasteiger partial charge is 0.325 e. The number of anilines is 2. The summed E-state index contributed by atoms with van der Waals surface area (Å²) in [6, 6.07) is 2.81. The minimum atomic E-state index is -4.53. The number of thioether (sulfide) groups is 1. The molecule has 1 unspecified atom stereocenters. The van der Waals surface area contributed by atoms with Gasteiger partial charge in [-0.1, -0.05) is 0 Å². The van der Waals surface area contributed by atoms with E-state index < -0.39 is 23.6 Å². The molecule has 0 radical (unpaired) electrons. The summed E-state index contributed by atoms with van der Waals surface area (Å²) in [5.41, 5.74) is -0.818. The highest BCUT2D eigenvalue weighted by molar-refractivity contribution is 7.99. The topological polar surface area (TPSA) is 70.2 Å². The van der Waals surface area contributed by atoms with Crippen molar-refractivity contribution in [3.05, 3.63) is 23.8 Å². The molecule has 24 heavy (non-hydrogen) atoms. The maximum Gasteiger partial charge on any atom is 0.416 e. The first kappa shape index (κ1) is 18.6. The molecule has 0 aromatic heterocycles. The van der Waals surface area contributed by atoms with Gasteiger partial charge in [0.25, 0.3) is 0 Å². The van der Waals surface area contributed by atoms with Crippen LogP contribution in [0.25, 0.3) is 0 Å². The van der Waals surface area contributed by atoms with Gasteiger partial charge in [-0.05, 0) is 18.2 Å². The second-order valence-corrected chi connectivity index (χ2v) is 6.57. The Morgan fingerprint density at radius 1 is 1.29 bits per heavy atom. The molecule has 2 rings (SSSR count). The summed E-state index contributed by atoms with van der Waals surface area (Å²) in [6.07, 6.45) is -4.38. The van der Waals surface area contributed by atoms with Crippen LogP contribution in [0, 0.1) is 0 Å². The van der Waals surface area contributed by atoms with Crippen LogP contribution in [0.3, 0.4) is 0 Å². The van der Waals surface area contributed by atoms with Crippen LogP contribution in [0.15, 0.2) is 18.2 Å². The molecule has 0 spiro atoms. The molecule has 1 aromatic rings. The molecular formula is C15H18F3N3O2S. The summed E-state index contributed by atoms with van der Waals surface area (Å²) in [5, 5.41) is 8.08. The maximum atomic E-state index is 12.9. The van der Waals surface area contributed by atoms with Crippen LogP contribution < -0.4 is 16.0 Å². The third-order valence-electron chi connectivity index (χ3n) is 3.36. The third-order valence-corrected chi connectivity index (χ3v) is 4.49. The second kappa shape index (κ2) is 7.89. The van der Waals surface area contributed by atoms with E-state index >= 15 is 0 Å². The Morgan fingerprint density at radius 2 is 2.04 bits per heavy atom. The van der Waals surface area contributed by atoms with Crippen LogP contribution in [0.1, 0.15) is 18.9 Å². The zero-order chi connectivity index (χ0) is 17.7. The number of hydrogen-bond donors (Lipinski definition) is 3. The van der Waals surface area contributed by atoms with Crippen molar-refractivity contribution < 1.29 is 22.8 Å². The molecule has 1 fully saturated rings. The van der Waals surface area contributed by atoms with Gasteiger partial charge in [0, 0.05) is 37.4 Å². The van der Waals surface area contributed by atoms with E-state index in [1.54, 1.807) is 11.8 Å². The maximum absolute atomic E-state index is 12.9. The van der Waals surface area contributed by atoms with Crippen molar-refractivity contribution in [1.82, 2.24) is 5.32 Å². The summed E-state index contributed by atoms with van der Waals surface area (Å²) in [4.78, 5) is 23.3. The fraction of sp³-hybridized carbons (Fsp3) is 0.467. The van der Waals surface area contributed by atoms with Crippen LogP contribution in [0.4, 0.5) is 24.5 Å². The van der Waals surface area contributed by atoms with Crippen LogP contribution in [0.5, 0.6) is 0 Å². The molecule has 0 aliphatic carbocycles. The van der Waals surface area contributed by atoms with Crippen molar-refractivity contribution in [1.29, 1.82) is 0 Å². The molecule has 1 atom stereocenters. The zero-order valence-corrected chi connectivity index (χ0v) is 13.8. The standard InChI is InChI=1S/C15H18F3N3O2S/c1-9(22)20-12-3-2-10(15(16,17)18)6-13(12)21-14(23)7-11-8-24-5-4-19-11/h2-3,6,11,19H,4-5,7-8H2,1H3,(H,20,22)(H,21,23). The average molecular weight is 361 g/mol. The van der Waals surface area contributed by atoms with Gasteiger partial charge in [0.1, 0.15) is 0 Å². The molecule has 9 heteroatoms. The molecule has 1 aromatic carbocycles. The number of carbonyl (C=O) groups is 2. The van der Waals surface area contributed by atoms with Crippen molar-refractivity contribution in [2.75, 3.05) is 28.7 Å². The summed E-state index contributed by atoms with van der Waals surface area (Å²) in [5.74, 6) is 0.907. The number of amides is 2. The lowest BCUT2D eigenvalue weighted by molar-refractivity contribution is -0.137. The van der Waals surface area contributed by atoms with Crippen molar-refractivity contribution in [3.8, 4) is 0 Å². The molecule has 5 nitrogen and oxygen atoms in total. The van der Waals surface area contributed by atoms with E-state index in [4.69, 9.17) is 0 Å². The lowest BCUT2D eigenvalue weighted by Crippen LogP contribution is -2.40. The first-order valence-corrected chi connectivity index (χ1v) is 8.51. The number of hydrogen-bond acceptors (Lipinski definition) is 4. The van der Waals surface area contributed by atoms with Gasteiger partial charge in [-0.3, -0.25) is 9.59 Å². The number of nitrogens with one attached hydrogen (secondary N) is 3. The summed E-state index contributed by atoms with van der Waals surface area (Å²) >= 11 is 1.72. The molecule has 2 amide bonds. The molecular weight excluding hydrogens is 343 g/mol. The van der Waals surface area contributed by atoms with Crippen LogP contribution in [-0.4, -0.2) is 35.9 Å². The Kier molecular flexibility index (Phi) is 6.11. The Hall–Kier alpha value is -1.74. The normalized spacial score (nSPS) is 18.1. The fourth-order valence-electron chi connectivity index (χ4n) is 2.30. The number of halogens is 3. The lowest BCUT2D eigenvalue weighted by Gasteiger charge is -2.23. The minimum absolute atomic E-state index is 0.0150. The summed E-state index contributed by atoms with van der Waals surface area (Å²) in [7, 11) is 0. The SMILES string of the molecule is CC(=O)Nc1ccc(C(F)(F)F)cc1NC(=O)CC1CSCCN1. The van der Waals surface area contributed by atoms with Gasteiger partial charge in [0.2, 0.25) is 11.8 Å². The van der Waals surface area contributed by atoms with E-state index in [1.807, 2.05) is 0 Å². The van der Waals surface area contributed by atoms with Gasteiger partial charge < -0.3 is 16.0 Å². The second-order valence-electron chi connectivity index (χ2n) is 5.42. The molecule has 1 aliphatic rings. The fourth-order valence-corrected chi connectivity index (χ4v) is 3.25. The largest absolute Gasteiger partial charge is 0.416 e. The zero-order valence-electron chi connectivity index (χ0n) is 13.0. The Labute approximate surface area is 141 Å². The lowest BCUT2D eigenvalue weighted by atomic mass is 10.1. The first-order chi connectivity index (χ1) is 11.3. The van der Waals surface area contributed by atoms with E-state index in [0.29, 0.717) is 0 Å². The van der Waals surface area contributed by atoms with E-state index in [2.05, 4.69) is 16.0 Å². The Balaban J connectivity index is 2.15. The van der Waals surface area contributed by atoms with Crippen molar-refractivity contribution in [2.24, 2.45) is 0 Å². The molecule has 1 aliphatic heterocycles. The van der Waals surface area contributed by atoms with Gasteiger partial charge in [-0.15, -0.1) is 0 Å². The third kappa shape index (κ3) is 5.41. The Morgan fingerprint density at radius 3 is 2.62 bits per heavy atom. The molecule has 0 bridgehead atoms. The molecule has 3 N–H and O–H groups in total. The summed E-state index contributed by atoms with van der Waals surface area (Å²) in [6.45, 7) is 2.04. The van der Waals surface area contributed by atoms with Crippen molar-refractivity contribution in [2.45, 2.75) is 25.6 Å². The number of rotatable bonds is 4. The van der Waals surface area contributed by atoms with Gasteiger partial charge >= 0.3 is 6.18 Å². The number of benzene rings is 1. The van der Waals surface area contributed by atoms with Crippen LogP contribution in [-0.2, 0) is 15.8 Å². The summed E-state index contributed by atoms with van der Waals surface area (Å²) < 4.78 is 38.6. The highest BCUT2D eigenvalue weighted by Gasteiger charge is 2.31. The van der Waals surface area contributed by atoms with E-state index in [1.165, 1.54) is 6.92 Å². The average Bonchev–Trinajstić information content (AvgIpc) is 2.48. The van der Waals surface area contributed by atoms with Crippen LogP contribution >= 0.6 is 11.8 Å². The predicted octanol–water partition coefficient (Wildman–Crippen LogP) is 2.70. The van der Waals surface area contributed by atoms with Crippen molar-refractivity contribution in [3.63, 3.8) is 0 Å². The first-order valence-electron chi connectivity index (χ1n) is 7.35. The quantitative estimate of drug-likeness (QED) is 0.771. The molecule has 1 heterocycles. The molecule has 132 valence electrons. The predicted molar refractivity (Wildman–Crippen MR) is 88.1 cm³/mol.